The van der Waals surface area contributed by atoms with Crippen LogP contribution < -0.4 is 4.90 Å². The fourth-order valence-electron chi connectivity index (χ4n) is 4.28. The zero-order valence-electron chi connectivity index (χ0n) is 15.2. The lowest BCUT2D eigenvalue weighted by atomic mass is 9.74. The Morgan fingerprint density at radius 1 is 1.04 bits per heavy atom. The number of hydrogen-bond donors (Lipinski definition) is 0. The van der Waals surface area contributed by atoms with Crippen LogP contribution in [-0.2, 0) is 0 Å². The summed E-state index contributed by atoms with van der Waals surface area (Å²) in [7, 11) is 0. The van der Waals surface area contributed by atoms with Crippen LogP contribution in [0.5, 0.6) is 0 Å². The Hall–Kier alpha value is -2.08. The predicted molar refractivity (Wildman–Crippen MR) is 107 cm³/mol. The van der Waals surface area contributed by atoms with E-state index in [1.807, 2.05) is 12.1 Å². The molecule has 27 heavy (non-hydrogen) atoms. The van der Waals surface area contributed by atoms with E-state index in [1.54, 1.807) is 4.68 Å². The molecule has 0 N–H and O–H groups in total. The predicted octanol–water partition coefficient (Wildman–Crippen LogP) is 4.95. The first-order chi connectivity index (χ1) is 13.1. The Labute approximate surface area is 161 Å². The van der Waals surface area contributed by atoms with Gasteiger partial charge in [-0.3, -0.25) is 0 Å². The minimum absolute atomic E-state index is 0.0254. The zero-order valence-corrected chi connectivity index (χ0v) is 16.0. The van der Waals surface area contributed by atoms with Crippen LogP contribution >= 0.6 is 11.8 Å². The molecule has 3 nitrogen and oxygen atoms in total. The van der Waals surface area contributed by atoms with Gasteiger partial charge in [-0.1, -0.05) is 0 Å². The summed E-state index contributed by atoms with van der Waals surface area (Å²) in [6.45, 7) is 3.71. The van der Waals surface area contributed by atoms with Crippen molar-refractivity contribution < 1.29 is 8.78 Å². The normalized spacial score (nSPS) is 18.9. The van der Waals surface area contributed by atoms with Gasteiger partial charge < -0.3 is 4.90 Å². The highest BCUT2D eigenvalue weighted by atomic mass is 32.2. The lowest BCUT2D eigenvalue weighted by Crippen LogP contribution is -2.57. The number of rotatable bonds is 2. The number of hydrogen-bond acceptors (Lipinski definition) is 3. The smallest absolute Gasteiger partial charge is 0.155 e. The summed E-state index contributed by atoms with van der Waals surface area (Å²) >= 11 is 2.07. The molecule has 0 radical (unpaired) electrons. The van der Waals surface area contributed by atoms with Gasteiger partial charge in [0.05, 0.1) is 11.9 Å². The van der Waals surface area contributed by atoms with Gasteiger partial charge in [-0.15, -0.1) is 0 Å². The van der Waals surface area contributed by atoms with Gasteiger partial charge in [0.15, 0.2) is 5.82 Å². The van der Waals surface area contributed by atoms with Gasteiger partial charge in [0.2, 0.25) is 0 Å². The molecule has 1 aromatic heterocycles. The molecule has 2 aliphatic heterocycles. The van der Waals surface area contributed by atoms with Crippen LogP contribution in [0.1, 0.15) is 18.4 Å². The average molecular weight is 385 g/mol. The van der Waals surface area contributed by atoms with Crippen LogP contribution in [0, 0.1) is 24.0 Å². The largest absolute Gasteiger partial charge is 0.370 e. The lowest BCUT2D eigenvalue weighted by molar-refractivity contribution is 0.194. The van der Waals surface area contributed by atoms with E-state index in [0.717, 1.165) is 18.8 Å². The van der Waals surface area contributed by atoms with Gasteiger partial charge in [-0.05, 0) is 61.6 Å². The molecule has 3 aromatic rings. The van der Waals surface area contributed by atoms with Crippen molar-refractivity contribution in [2.24, 2.45) is 5.41 Å². The molecule has 140 valence electrons. The van der Waals surface area contributed by atoms with Crippen LogP contribution in [0.2, 0.25) is 0 Å². The molecule has 2 aromatic carbocycles. The highest BCUT2D eigenvalue weighted by Gasteiger charge is 2.43. The van der Waals surface area contributed by atoms with E-state index >= 15 is 0 Å². The maximum absolute atomic E-state index is 14.6. The van der Waals surface area contributed by atoms with Crippen molar-refractivity contribution in [3.8, 4) is 5.69 Å². The molecule has 0 saturated carbocycles. The summed E-state index contributed by atoms with van der Waals surface area (Å²) in [4.78, 5) is 2.42. The second-order valence-electron chi connectivity index (χ2n) is 7.78. The van der Waals surface area contributed by atoms with E-state index in [9.17, 15) is 8.78 Å². The lowest BCUT2D eigenvalue weighted by Gasteiger charge is -2.53. The average Bonchev–Trinajstić information content (AvgIpc) is 3.09. The second-order valence-corrected chi connectivity index (χ2v) is 9.00. The molecule has 0 atom stereocenters. The summed E-state index contributed by atoms with van der Waals surface area (Å²) in [6.07, 6.45) is 4.15. The fourth-order valence-corrected chi connectivity index (χ4v) is 5.64. The first-order valence-electron chi connectivity index (χ1n) is 9.32. The number of benzene rings is 2. The molecule has 3 heterocycles. The van der Waals surface area contributed by atoms with Gasteiger partial charge in [-0.2, -0.15) is 16.9 Å². The van der Waals surface area contributed by atoms with E-state index in [2.05, 4.69) is 33.9 Å². The van der Waals surface area contributed by atoms with E-state index < -0.39 is 11.6 Å². The Balaban J connectivity index is 1.41. The fraction of sp³-hybridized carbons (Fsp3) is 0.381. The van der Waals surface area contributed by atoms with Crippen molar-refractivity contribution >= 4 is 28.4 Å². The molecule has 2 saturated heterocycles. The van der Waals surface area contributed by atoms with Crippen LogP contribution in [0.25, 0.3) is 16.6 Å². The summed E-state index contributed by atoms with van der Waals surface area (Å²) in [5, 5.41) is 4.75. The van der Waals surface area contributed by atoms with E-state index in [4.69, 9.17) is 0 Å². The van der Waals surface area contributed by atoms with Crippen LogP contribution in [-0.4, -0.2) is 34.4 Å². The molecule has 0 amide bonds. The molecule has 6 heteroatoms. The second kappa shape index (κ2) is 6.23. The van der Waals surface area contributed by atoms with Crippen LogP contribution in [0.4, 0.5) is 14.5 Å². The van der Waals surface area contributed by atoms with Gasteiger partial charge in [-0.25, -0.2) is 13.5 Å². The summed E-state index contributed by atoms with van der Waals surface area (Å²) in [5.41, 5.74) is 2.85. The van der Waals surface area contributed by atoms with Gasteiger partial charge >= 0.3 is 0 Å². The van der Waals surface area contributed by atoms with Crippen molar-refractivity contribution in [2.45, 2.75) is 19.8 Å². The minimum Gasteiger partial charge on any atom is -0.370 e. The van der Waals surface area contributed by atoms with Crippen molar-refractivity contribution in [2.75, 3.05) is 29.5 Å². The molecular weight excluding hydrogens is 364 g/mol. The van der Waals surface area contributed by atoms with Crippen LogP contribution in [0.15, 0.2) is 36.5 Å². The molecule has 5 rings (SSSR count). The van der Waals surface area contributed by atoms with Crippen molar-refractivity contribution in [3.05, 3.63) is 53.7 Å². The van der Waals surface area contributed by atoms with E-state index in [-0.39, 0.29) is 5.56 Å². The monoisotopic (exact) mass is 385 g/mol. The Morgan fingerprint density at radius 3 is 2.41 bits per heavy atom. The third-order valence-corrected chi connectivity index (χ3v) is 7.03. The topological polar surface area (TPSA) is 21.1 Å². The number of thioether (sulfide) groups is 1. The quantitative estimate of drug-likeness (QED) is 0.623. The van der Waals surface area contributed by atoms with Crippen molar-refractivity contribution in [1.82, 2.24) is 9.78 Å². The van der Waals surface area contributed by atoms with E-state index in [0.29, 0.717) is 16.3 Å². The maximum atomic E-state index is 14.6. The summed E-state index contributed by atoms with van der Waals surface area (Å²) in [5.74, 6) is 1.48. The molecule has 0 aliphatic carbocycles. The Morgan fingerprint density at radius 2 is 1.70 bits per heavy atom. The number of anilines is 1. The third-order valence-electron chi connectivity index (χ3n) is 6.04. The third kappa shape index (κ3) is 2.73. The SMILES string of the molecule is Cc1c(F)cc2cnn(-c3ccc(N4CC5(CCSCC5)C4)cc3)c2c1F. The molecule has 0 unspecified atom stereocenters. The Bertz CT molecular complexity index is 998. The number of halogens is 2. The first kappa shape index (κ1) is 17.0. The highest BCUT2D eigenvalue weighted by Crippen LogP contribution is 2.44. The van der Waals surface area contributed by atoms with E-state index in [1.165, 1.54) is 49.2 Å². The minimum atomic E-state index is -0.550. The van der Waals surface area contributed by atoms with Crippen molar-refractivity contribution in [1.29, 1.82) is 0 Å². The molecular formula is C21H21F2N3S. The number of nitrogens with zero attached hydrogens (tertiary/aromatic N) is 3. The summed E-state index contributed by atoms with van der Waals surface area (Å²) < 4.78 is 29.9. The van der Waals surface area contributed by atoms with Crippen molar-refractivity contribution in [3.63, 3.8) is 0 Å². The van der Waals surface area contributed by atoms with Crippen LogP contribution in [0.3, 0.4) is 0 Å². The standard InChI is InChI=1S/C21H21F2N3S/c1-14-18(22)10-15-11-24-26(20(15)19(14)23)17-4-2-16(3-5-17)25-12-21(13-25)6-8-27-9-7-21/h2-5,10-11H,6-9,12-13H2,1H3. The number of fused-ring (bicyclic) bond motifs is 1. The number of aromatic nitrogens is 2. The first-order valence-corrected chi connectivity index (χ1v) is 10.5. The van der Waals surface area contributed by atoms with Gasteiger partial charge in [0, 0.05) is 35.1 Å². The molecule has 2 aliphatic rings. The molecule has 2 fully saturated rings. The van der Waals surface area contributed by atoms with Gasteiger partial charge in [0.1, 0.15) is 11.3 Å². The molecule has 0 bridgehead atoms. The molecule has 1 spiro atoms. The maximum Gasteiger partial charge on any atom is 0.155 e. The summed E-state index contributed by atoms with van der Waals surface area (Å²) in [6, 6.07) is 9.40. The highest BCUT2D eigenvalue weighted by molar-refractivity contribution is 7.99. The zero-order chi connectivity index (χ0) is 18.6. The Kier molecular flexibility index (Phi) is 3.93. The van der Waals surface area contributed by atoms with Gasteiger partial charge in [0.25, 0.3) is 0 Å².